The third kappa shape index (κ3) is 3.26. The highest BCUT2D eigenvalue weighted by Crippen LogP contribution is 2.34. The van der Waals surface area contributed by atoms with E-state index in [0.29, 0.717) is 27.8 Å². The van der Waals surface area contributed by atoms with Crippen LogP contribution in [-0.2, 0) is 0 Å². The molecule has 0 radical (unpaired) electrons. The molecule has 0 saturated carbocycles. The first kappa shape index (κ1) is 16.9. The average Bonchev–Trinajstić information content (AvgIpc) is 3.32. The van der Waals surface area contributed by atoms with Gasteiger partial charge in [-0.2, -0.15) is 5.10 Å². The lowest BCUT2D eigenvalue weighted by Gasteiger charge is -2.22. The van der Waals surface area contributed by atoms with Crippen molar-refractivity contribution in [2.45, 2.75) is 12.5 Å². The molecule has 0 aliphatic carbocycles. The van der Waals surface area contributed by atoms with E-state index >= 15 is 0 Å². The highest BCUT2D eigenvalue weighted by Gasteiger charge is 2.34. The standard InChI is InChI=1S/C20H14Cl2N2O2/c21-15-7-3-13(4-8-15)18-12-17(19-2-1-11-26-19)23-24(18)20(25)14-5-9-16(22)10-6-14/h1-11,18H,12H2/t18-/m0/s1. The van der Waals surface area contributed by atoms with E-state index in [4.69, 9.17) is 27.6 Å². The van der Waals surface area contributed by atoms with Gasteiger partial charge in [0.2, 0.25) is 0 Å². The lowest BCUT2D eigenvalue weighted by Crippen LogP contribution is -2.27. The Kier molecular flexibility index (Phi) is 4.53. The molecule has 1 aliphatic heterocycles. The van der Waals surface area contributed by atoms with Crippen LogP contribution in [0.2, 0.25) is 10.0 Å². The zero-order valence-electron chi connectivity index (χ0n) is 13.6. The lowest BCUT2D eigenvalue weighted by molar-refractivity contribution is 0.0711. The maximum atomic E-state index is 13.0. The van der Waals surface area contributed by atoms with Crippen molar-refractivity contribution in [2.75, 3.05) is 0 Å². The van der Waals surface area contributed by atoms with Gasteiger partial charge in [-0.05, 0) is 54.1 Å². The van der Waals surface area contributed by atoms with Crippen molar-refractivity contribution in [3.63, 3.8) is 0 Å². The minimum atomic E-state index is -0.226. The molecule has 2 aromatic carbocycles. The number of carbonyl (C=O) groups excluding carboxylic acids is 1. The first-order valence-electron chi connectivity index (χ1n) is 8.08. The van der Waals surface area contributed by atoms with Crippen LogP contribution in [0.1, 0.15) is 34.1 Å². The Morgan fingerprint density at radius 1 is 1.00 bits per heavy atom. The summed E-state index contributed by atoms with van der Waals surface area (Å²) in [6.45, 7) is 0. The first-order valence-corrected chi connectivity index (χ1v) is 8.83. The molecular formula is C20H14Cl2N2O2. The summed E-state index contributed by atoms with van der Waals surface area (Å²) in [5, 5.41) is 7.28. The molecule has 6 heteroatoms. The Bertz CT molecular complexity index is 948. The summed E-state index contributed by atoms with van der Waals surface area (Å²) in [7, 11) is 0. The van der Waals surface area contributed by atoms with Crippen LogP contribution in [0.4, 0.5) is 0 Å². The Hall–Kier alpha value is -2.56. The largest absolute Gasteiger partial charge is 0.463 e. The summed E-state index contributed by atoms with van der Waals surface area (Å²) in [6, 6.07) is 17.7. The van der Waals surface area contributed by atoms with E-state index in [2.05, 4.69) is 5.10 Å². The molecule has 0 fully saturated rings. The number of carbonyl (C=O) groups is 1. The van der Waals surface area contributed by atoms with Crippen LogP contribution >= 0.6 is 23.2 Å². The van der Waals surface area contributed by atoms with Crippen LogP contribution in [0.3, 0.4) is 0 Å². The van der Waals surface area contributed by atoms with E-state index < -0.39 is 0 Å². The van der Waals surface area contributed by atoms with Gasteiger partial charge < -0.3 is 4.42 Å². The number of hydrogen-bond donors (Lipinski definition) is 0. The molecule has 0 spiro atoms. The molecule has 1 atom stereocenters. The smallest absolute Gasteiger partial charge is 0.274 e. The van der Waals surface area contributed by atoms with Crippen LogP contribution in [0, 0.1) is 0 Å². The van der Waals surface area contributed by atoms with Crippen molar-refractivity contribution in [1.29, 1.82) is 0 Å². The molecule has 3 aromatic rings. The zero-order valence-corrected chi connectivity index (χ0v) is 15.1. The molecule has 1 aromatic heterocycles. The van der Waals surface area contributed by atoms with Crippen molar-refractivity contribution >= 4 is 34.8 Å². The second kappa shape index (κ2) is 6.98. The van der Waals surface area contributed by atoms with Gasteiger partial charge in [0.1, 0.15) is 11.5 Å². The van der Waals surface area contributed by atoms with E-state index in [0.717, 1.165) is 11.3 Å². The lowest BCUT2D eigenvalue weighted by atomic mass is 10.0. The van der Waals surface area contributed by atoms with Gasteiger partial charge in [-0.3, -0.25) is 4.79 Å². The number of rotatable bonds is 3. The van der Waals surface area contributed by atoms with Crippen LogP contribution in [0.15, 0.2) is 76.4 Å². The topological polar surface area (TPSA) is 45.8 Å². The van der Waals surface area contributed by atoms with Gasteiger partial charge in [0.15, 0.2) is 0 Å². The second-order valence-corrected chi connectivity index (χ2v) is 6.82. The van der Waals surface area contributed by atoms with E-state index in [1.165, 1.54) is 5.01 Å². The first-order chi connectivity index (χ1) is 12.6. The van der Waals surface area contributed by atoms with Crippen molar-refractivity contribution in [3.05, 3.63) is 93.9 Å². The van der Waals surface area contributed by atoms with E-state index in [1.807, 2.05) is 30.3 Å². The van der Waals surface area contributed by atoms with Gasteiger partial charge in [-0.15, -0.1) is 0 Å². The minimum Gasteiger partial charge on any atom is -0.463 e. The van der Waals surface area contributed by atoms with Gasteiger partial charge in [0.05, 0.1) is 12.3 Å². The Morgan fingerprint density at radius 2 is 1.65 bits per heavy atom. The molecule has 26 heavy (non-hydrogen) atoms. The fourth-order valence-corrected chi connectivity index (χ4v) is 3.21. The Balaban J connectivity index is 1.71. The summed E-state index contributed by atoms with van der Waals surface area (Å²) >= 11 is 11.9. The summed E-state index contributed by atoms with van der Waals surface area (Å²) in [4.78, 5) is 13.0. The van der Waals surface area contributed by atoms with E-state index in [-0.39, 0.29) is 11.9 Å². The van der Waals surface area contributed by atoms with E-state index in [9.17, 15) is 4.79 Å². The number of benzene rings is 2. The summed E-state index contributed by atoms with van der Waals surface area (Å²) < 4.78 is 5.46. The van der Waals surface area contributed by atoms with Crippen molar-refractivity contribution in [3.8, 4) is 0 Å². The molecule has 2 heterocycles. The Labute approximate surface area is 160 Å². The molecule has 1 amide bonds. The fraction of sp³-hybridized carbons (Fsp3) is 0.100. The molecule has 130 valence electrons. The molecule has 0 bridgehead atoms. The van der Waals surface area contributed by atoms with Gasteiger partial charge in [0, 0.05) is 22.0 Å². The van der Waals surface area contributed by atoms with Crippen LogP contribution < -0.4 is 0 Å². The van der Waals surface area contributed by atoms with Gasteiger partial charge >= 0.3 is 0 Å². The highest BCUT2D eigenvalue weighted by atomic mass is 35.5. The molecule has 0 saturated heterocycles. The minimum absolute atomic E-state index is 0.192. The molecule has 0 unspecified atom stereocenters. The van der Waals surface area contributed by atoms with Crippen LogP contribution in [0.5, 0.6) is 0 Å². The number of halogens is 2. The normalized spacial score (nSPS) is 16.6. The second-order valence-electron chi connectivity index (χ2n) is 5.95. The number of nitrogens with zero attached hydrogens (tertiary/aromatic N) is 2. The Morgan fingerprint density at radius 3 is 2.27 bits per heavy atom. The van der Waals surface area contributed by atoms with Crippen molar-refractivity contribution < 1.29 is 9.21 Å². The number of hydrogen-bond acceptors (Lipinski definition) is 3. The van der Waals surface area contributed by atoms with Crippen LogP contribution in [0.25, 0.3) is 0 Å². The molecule has 1 aliphatic rings. The van der Waals surface area contributed by atoms with Crippen LogP contribution in [-0.4, -0.2) is 16.6 Å². The van der Waals surface area contributed by atoms with Gasteiger partial charge in [0.25, 0.3) is 5.91 Å². The monoisotopic (exact) mass is 384 g/mol. The van der Waals surface area contributed by atoms with Gasteiger partial charge in [-0.1, -0.05) is 35.3 Å². The maximum absolute atomic E-state index is 13.0. The predicted molar refractivity (Wildman–Crippen MR) is 102 cm³/mol. The van der Waals surface area contributed by atoms with Crippen molar-refractivity contribution in [1.82, 2.24) is 5.01 Å². The summed E-state index contributed by atoms with van der Waals surface area (Å²) in [6.07, 6.45) is 2.16. The fourth-order valence-electron chi connectivity index (χ4n) is 2.96. The molecule has 4 nitrogen and oxygen atoms in total. The number of hydrazone groups is 1. The third-order valence-corrected chi connectivity index (χ3v) is 4.77. The highest BCUT2D eigenvalue weighted by molar-refractivity contribution is 6.30. The summed E-state index contributed by atoms with van der Waals surface area (Å²) in [5.41, 5.74) is 2.22. The quantitative estimate of drug-likeness (QED) is 0.591. The van der Waals surface area contributed by atoms with E-state index in [1.54, 1.807) is 36.6 Å². The third-order valence-electron chi connectivity index (χ3n) is 4.27. The molecular weight excluding hydrogens is 371 g/mol. The van der Waals surface area contributed by atoms with Crippen molar-refractivity contribution in [2.24, 2.45) is 5.10 Å². The maximum Gasteiger partial charge on any atom is 0.274 e. The average molecular weight is 385 g/mol. The molecule has 4 rings (SSSR count). The summed E-state index contributed by atoms with van der Waals surface area (Å²) in [5.74, 6) is 0.471. The number of amides is 1. The van der Waals surface area contributed by atoms with Gasteiger partial charge in [-0.25, -0.2) is 5.01 Å². The number of furan rings is 1. The molecule has 0 N–H and O–H groups in total. The predicted octanol–water partition coefficient (Wildman–Crippen LogP) is 5.58. The SMILES string of the molecule is O=C(c1ccc(Cl)cc1)N1N=C(c2ccco2)C[C@H]1c1ccc(Cl)cc1. The zero-order chi connectivity index (χ0) is 18.1.